The zero-order valence-corrected chi connectivity index (χ0v) is 49.5. The van der Waals surface area contributed by atoms with Gasteiger partial charge in [-0.1, -0.05) is 224 Å². The summed E-state index contributed by atoms with van der Waals surface area (Å²) >= 11 is 0. The highest BCUT2D eigenvalue weighted by Gasteiger charge is 2.55. The summed E-state index contributed by atoms with van der Waals surface area (Å²) in [5, 5.41) is 4.79. The fraction of sp³-hybridized carbons (Fsp3) is 0.0118. The molecule has 91 heavy (non-hydrogen) atoms. The Balaban J connectivity index is 0.965. The molecule has 6 heteroatoms. The first-order valence-corrected chi connectivity index (χ1v) is 31.6. The van der Waals surface area contributed by atoms with Crippen LogP contribution in [-0.2, 0) is 5.41 Å². The van der Waals surface area contributed by atoms with Crippen molar-refractivity contribution in [2.45, 2.75) is 5.41 Å². The fourth-order valence-electron chi connectivity index (χ4n) is 16.9. The van der Waals surface area contributed by atoms with Crippen LogP contribution >= 0.6 is 0 Å². The lowest BCUT2D eigenvalue weighted by molar-refractivity contribution is 0.794. The molecule has 4 aliphatic rings. The van der Waals surface area contributed by atoms with Gasteiger partial charge in [-0.25, -0.2) is 0 Å². The SMILES string of the molecule is c1ccc(N2c3cc(N(c4ccccc4)c4cccc5c4c4ccccc4n5-c4ccccc4)cc4c3B(c3ccc5c(c32)-c2ccccc2C52c3ccccc3-c3ccccc32)c2ccc3c(c2N4c2ccccc2)c2ccccc2n3-c2ccccc2)cc1. The number of hydrogen-bond acceptors (Lipinski definition) is 3. The molecule has 0 saturated heterocycles. The molecule has 0 fully saturated rings. The van der Waals surface area contributed by atoms with Gasteiger partial charge in [-0.15, -0.1) is 0 Å². The Bertz CT molecular complexity index is 5630. The second kappa shape index (κ2) is 19.1. The lowest BCUT2D eigenvalue weighted by atomic mass is 9.33. The van der Waals surface area contributed by atoms with Gasteiger partial charge in [0.15, 0.2) is 0 Å². The first-order valence-electron chi connectivity index (χ1n) is 31.6. The first-order chi connectivity index (χ1) is 45.2. The van der Waals surface area contributed by atoms with Gasteiger partial charge in [-0.05, 0) is 158 Å². The van der Waals surface area contributed by atoms with Gasteiger partial charge in [0.25, 0.3) is 6.71 Å². The second-order valence-electron chi connectivity index (χ2n) is 24.6. The average Bonchev–Trinajstić information content (AvgIpc) is 1.68. The summed E-state index contributed by atoms with van der Waals surface area (Å²) < 4.78 is 4.91. The van der Waals surface area contributed by atoms with E-state index in [0.717, 1.165) is 67.7 Å². The highest BCUT2D eigenvalue weighted by molar-refractivity contribution is 7.00. The number of nitrogens with zero attached hydrogens (tertiary/aromatic N) is 5. The van der Waals surface area contributed by atoms with E-state index in [4.69, 9.17) is 0 Å². The predicted octanol–water partition coefficient (Wildman–Crippen LogP) is 19.8. The van der Waals surface area contributed by atoms with Gasteiger partial charge in [0.05, 0.1) is 44.5 Å². The number of benzene rings is 14. The minimum absolute atomic E-state index is 0.207. The molecule has 1 spiro atoms. The van der Waals surface area contributed by atoms with Crippen molar-refractivity contribution in [2.24, 2.45) is 0 Å². The third-order valence-electron chi connectivity index (χ3n) is 20.2. The third kappa shape index (κ3) is 6.75. The minimum atomic E-state index is -0.564. The predicted molar refractivity (Wildman–Crippen MR) is 380 cm³/mol. The maximum absolute atomic E-state index is 2.66. The number of aromatic nitrogens is 2. The second-order valence-corrected chi connectivity index (χ2v) is 24.6. The van der Waals surface area contributed by atoms with Crippen molar-refractivity contribution in [2.75, 3.05) is 14.7 Å². The molecule has 0 atom stereocenters. The molecule has 0 amide bonds. The van der Waals surface area contributed by atoms with Crippen LogP contribution in [0.25, 0.3) is 77.2 Å². The van der Waals surface area contributed by atoms with Gasteiger partial charge in [-0.2, -0.15) is 0 Å². The monoisotopic (exact) mass is 1160 g/mol. The zero-order valence-electron chi connectivity index (χ0n) is 49.5. The van der Waals surface area contributed by atoms with Crippen LogP contribution in [0.1, 0.15) is 22.3 Å². The minimum Gasteiger partial charge on any atom is -0.311 e. The van der Waals surface area contributed by atoms with Crippen LogP contribution in [0.5, 0.6) is 0 Å². The first kappa shape index (κ1) is 50.2. The molecule has 422 valence electrons. The molecule has 2 aliphatic heterocycles. The summed E-state index contributed by atoms with van der Waals surface area (Å²) in [6.45, 7) is -0.207. The van der Waals surface area contributed by atoms with Crippen LogP contribution in [0.15, 0.2) is 328 Å². The largest absolute Gasteiger partial charge is 0.311 e. The van der Waals surface area contributed by atoms with Crippen LogP contribution in [0.2, 0.25) is 0 Å². The standard InChI is InChI=1S/C85H54BN5/c1-6-27-55(28-7-1)87(74-47-26-48-75-80(74)64-40-19-24-45-72(64)88(75)56-29-8-2-9-30-56)60-53-77-82-78(54-60)91(59-35-14-5-15-36-59)84-71(51-52-76-81(84)65-41-20-25-46-73(65)89(76)57-31-10-3-11-32-57)86(82)70-50-49-69-79(83(70)90(77)58-33-12-4-13-34-58)63-39-18-23-44-68(63)85(69)66-42-21-16-37-61(66)62-38-17-22-43-67(62)85/h1-54H. The van der Waals surface area contributed by atoms with E-state index < -0.39 is 5.41 Å². The zero-order chi connectivity index (χ0) is 59.5. The van der Waals surface area contributed by atoms with E-state index in [1.54, 1.807) is 0 Å². The van der Waals surface area contributed by atoms with E-state index in [1.165, 1.54) is 99.3 Å². The quantitative estimate of drug-likeness (QED) is 0.148. The Morgan fingerprint density at radius 1 is 0.297 bits per heavy atom. The fourth-order valence-corrected chi connectivity index (χ4v) is 16.9. The lowest BCUT2D eigenvalue weighted by Gasteiger charge is -2.46. The Kier molecular flexibility index (Phi) is 10.5. The Morgan fingerprint density at radius 2 is 0.725 bits per heavy atom. The summed E-state index contributed by atoms with van der Waals surface area (Å²) in [5.74, 6) is 0. The van der Waals surface area contributed by atoms with Gasteiger partial charge in [0.1, 0.15) is 0 Å². The van der Waals surface area contributed by atoms with E-state index >= 15 is 0 Å². The third-order valence-corrected chi connectivity index (χ3v) is 20.2. The van der Waals surface area contributed by atoms with Crippen molar-refractivity contribution >= 4 is 118 Å². The number of para-hydroxylation sites is 7. The molecule has 2 aromatic heterocycles. The molecule has 20 rings (SSSR count). The summed E-state index contributed by atoms with van der Waals surface area (Å²) in [5.41, 5.74) is 30.5. The molecule has 0 saturated carbocycles. The van der Waals surface area contributed by atoms with E-state index in [9.17, 15) is 0 Å². The molecule has 0 unspecified atom stereocenters. The Morgan fingerprint density at radius 3 is 1.31 bits per heavy atom. The molecule has 4 heterocycles. The van der Waals surface area contributed by atoms with Crippen molar-refractivity contribution in [3.8, 4) is 33.6 Å². The number of rotatable bonds is 7. The van der Waals surface area contributed by atoms with E-state index in [0.29, 0.717) is 0 Å². The molecule has 2 aliphatic carbocycles. The molecular formula is C85H54BN5. The Hall–Kier alpha value is -11.9. The van der Waals surface area contributed by atoms with Crippen LogP contribution < -0.4 is 31.1 Å². The number of hydrogen-bond donors (Lipinski definition) is 0. The summed E-state index contributed by atoms with van der Waals surface area (Å²) in [6.07, 6.45) is 0. The molecule has 14 aromatic carbocycles. The molecule has 5 nitrogen and oxygen atoms in total. The Labute approximate surface area is 527 Å². The van der Waals surface area contributed by atoms with Crippen LogP contribution in [-0.4, -0.2) is 15.8 Å². The molecule has 0 bridgehead atoms. The van der Waals surface area contributed by atoms with Crippen molar-refractivity contribution in [3.63, 3.8) is 0 Å². The molecule has 16 aromatic rings. The van der Waals surface area contributed by atoms with Gasteiger partial charge in [0, 0.05) is 72.6 Å². The van der Waals surface area contributed by atoms with Crippen molar-refractivity contribution in [1.82, 2.24) is 9.13 Å². The topological polar surface area (TPSA) is 19.6 Å². The molecule has 0 N–H and O–H groups in total. The van der Waals surface area contributed by atoms with Gasteiger partial charge >= 0.3 is 0 Å². The lowest BCUT2D eigenvalue weighted by Crippen LogP contribution is -2.61. The van der Waals surface area contributed by atoms with Gasteiger partial charge in [-0.3, -0.25) is 0 Å². The van der Waals surface area contributed by atoms with E-state index in [-0.39, 0.29) is 6.71 Å². The molecular weight excluding hydrogens is 1100 g/mol. The van der Waals surface area contributed by atoms with E-state index in [1.807, 2.05) is 0 Å². The number of fused-ring (bicyclic) bond motifs is 22. The highest BCUT2D eigenvalue weighted by atomic mass is 15.2. The van der Waals surface area contributed by atoms with Crippen LogP contribution in [0.4, 0.5) is 51.2 Å². The van der Waals surface area contributed by atoms with Crippen molar-refractivity contribution < 1.29 is 0 Å². The summed E-state index contributed by atoms with van der Waals surface area (Å²) in [6, 6.07) is 123. The van der Waals surface area contributed by atoms with Gasteiger partial charge in [0.2, 0.25) is 0 Å². The van der Waals surface area contributed by atoms with Gasteiger partial charge < -0.3 is 23.8 Å². The van der Waals surface area contributed by atoms with Crippen LogP contribution in [0.3, 0.4) is 0 Å². The normalized spacial score (nSPS) is 13.5. The van der Waals surface area contributed by atoms with Crippen molar-refractivity contribution in [1.29, 1.82) is 0 Å². The van der Waals surface area contributed by atoms with Crippen LogP contribution in [0, 0.1) is 0 Å². The summed E-state index contributed by atoms with van der Waals surface area (Å²) in [7, 11) is 0. The highest BCUT2D eigenvalue weighted by Crippen LogP contribution is 2.65. The maximum atomic E-state index is 2.66. The van der Waals surface area contributed by atoms with Crippen molar-refractivity contribution in [3.05, 3.63) is 350 Å². The molecule has 0 radical (unpaired) electrons. The average molecular weight is 1160 g/mol. The maximum Gasteiger partial charge on any atom is 0.252 e. The van der Waals surface area contributed by atoms with E-state index in [2.05, 4.69) is 351 Å². The smallest absolute Gasteiger partial charge is 0.252 e. The summed E-state index contributed by atoms with van der Waals surface area (Å²) in [4.78, 5) is 7.83. The number of anilines is 9.